The van der Waals surface area contributed by atoms with E-state index in [9.17, 15) is 4.79 Å². The smallest absolute Gasteiger partial charge is 0.323 e. The second-order valence-corrected chi connectivity index (χ2v) is 4.49. The molecule has 19 heavy (non-hydrogen) atoms. The van der Waals surface area contributed by atoms with Crippen molar-refractivity contribution in [2.45, 2.75) is 13.8 Å². The number of nitrogen functional groups attached to an aromatic ring is 1. The maximum Gasteiger partial charge on any atom is 0.323 e. The van der Waals surface area contributed by atoms with E-state index >= 15 is 0 Å². The lowest BCUT2D eigenvalue weighted by Gasteiger charge is -2.12. The molecule has 0 unspecified atom stereocenters. The number of carbonyl (C=O) groups is 1. The molecule has 0 saturated heterocycles. The molecule has 0 saturated carbocycles. The lowest BCUT2D eigenvalue weighted by Crippen LogP contribution is -2.20. The van der Waals surface area contributed by atoms with Crippen molar-refractivity contribution in [1.82, 2.24) is 0 Å². The SMILES string of the molecule is Cc1cccc(NC(=O)Nc2c(C)cccc2N)c1. The fraction of sp³-hybridized carbons (Fsp3) is 0.133. The molecular formula is C15H17N3O. The third-order valence-corrected chi connectivity index (χ3v) is 2.82. The number of carbonyl (C=O) groups excluding carboxylic acids is 1. The van der Waals surface area contributed by atoms with Gasteiger partial charge in [0.25, 0.3) is 0 Å². The van der Waals surface area contributed by atoms with E-state index in [1.165, 1.54) is 0 Å². The molecule has 0 aromatic heterocycles. The van der Waals surface area contributed by atoms with Crippen LogP contribution in [0.15, 0.2) is 42.5 Å². The Morgan fingerprint density at radius 1 is 1.05 bits per heavy atom. The summed E-state index contributed by atoms with van der Waals surface area (Å²) in [5.74, 6) is 0. The van der Waals surface area contributed by atoms with Gasteiger partial charge in [-0.2, -0.15) is 0 Å². The van der Waals surface area contributed by atoms with E-state index in [0.29, 0.717) is 11.4 Å². The van der Waals surface area contributed by atoms with Crippen molar-refractivity contribution >= 4 is 23.1 Å². The number of aryl methyl sites for hydroxylation is 2. The van der Waals surface area contributed by atoms with Crippen molar-refractivity contribution in [3.8, 4) is 0 Å². The van der Waals surface area contributed by atoms with Crippen LogP contribution in [0.5, 0.6) is 0 Å². The predicted octanol–water partition coefficient (Wildman–Crippen LogP) is 3.53. The first-order chi connectivity index (χ1) is 9.06. The first kappa shape index (κ1) is 13.0. The summed E-state index contributed by atoms with van der Waals surface area (Å²) in [5.41, 5.74) is 9.82. The molecule has 0 fully saturated rings. The Morgan fingerprint density at radius 2 is 1.79 bits per heavy atom. The number of hydrogen-bond acceptors (Lipinski definition) is 2. The Kier molecular flexibility index (Phi) is 3.71. The molecule has 98 valence electrons. The Balaban J connectivity index is 2.10. The predicted molar refractivity (Wildman–Crippen MR) is 79.4 cm³/mol. The zero-order valence-electron chi connectivity index (χ0n) is 11.0. The molecule has 0 heterocycles. The maximum atomic E-state index is 11.9. The van der Waals surface area contributed by atoms with Gasteiger partial charge in [0, 0.05) is 5.69 Å². The van der Waals surface area contributed by atoms with Crippen molar-refractivity contribution in [2.24, 2.45) is 0 Å². The largest absolute Gasteiger partial charge is 0.397 e. The average molecular weight is 255 g/mol. The summed E-state index contributed by atoms with van der Waals surface area (Å²) in [6, 6.07) is 12.8. The summed E-state index contributed by atoms with van der Waals surface area (Å²) in [6.45, 7) is 3.88. The summed E-state index contributed by atoms with van der Waals surface area (Å²) >= 11 is 0. The lowest BCUT2D eigenvalue weighted by molar-refractivity contribution is 0.262. The Labute approximate surface area is 112 Å². The van der Waals surface area contributed by atoms with Gasteiger partial charge in [-0.25, -0.2) is 4.79 Å². The monoisotopic (exact) mass is 255 g/mol. The molecule has 0 radical (unpaired) electrons. The van der Waals surface area contributed by atoms with Gasteiger partial charge in [-0.1, -0.05) is 24.3 Å². The van der Waals surface area contributed by atoms with E-state index in [1.807, 2.05) is 50.2 Å². The second kappa shape index (κ2) is 5.44. The van der Waals surface area contributed by atoms with E-state index in [1.54, 1.807) is 6.07 Å². The van der Waals surface area contributed by atoms with Crippen LogP contribution in [0.25, 0.3) is 0 Å². The highest BCUT2D eigenvalue weighted by atomic mass is 16.2. The molecule has 2 rings (SSSR count). The summed E-state index contributed by atoms with van der Waals surface area (Å²) in [4.78, 5) is 11.9. The summed E-state index contributed by atoms with van der Waals surface area (Å²) < 4.78 is 0. The highest BCUT2D eigenvalue weighted by Crippen LogP contribution is 2.22. The van der Waals surface area contributed by atoms with Crippen LogP contribution in [-0.4, -0.2) is 6.03 Å². The van der Waals surface area contributed by atoms with Crippen LogP contribution in [0.2, 0.25) is 0 Å². The van der Waals surface area contributed by atoms with Crippen molar-refractivity contribution < 1.29 is 4.79 Å². The first-order valence-electron chi connectivity index (χ1n) is 6.06. The minimum Gasteiger partial charge on any atom is -0.397 e. The molecule has 0 atom stereocenters. The minimum atomic E-state index is -0.299. The molecule has 4 heteroatoms. The van der Waals surface area contributed by atoms with Gasteiger partial charge in [-0.3, -0.25) is 0 Å². The van der Waals surface area contributed by atoms with E-state index < -0.39 is 0 Å². The second-order valence-electron chi connectivity index (χ2n) is 4.49. The molecule has 4 N–H and O–H groups in total. The van der Waals surface area contributed by atoms with Crippen LogP contribution in [0, 0.1) is 13.8 Å². The minimum absolute atomic E-state index is 0.299. The van der Waals surface area contributed by atoms with Gasteiger partial charge < -0.3 is 16.4 Å². The first-order valence-corrected chi connectivity index (χ1v) is 6.06. The molecule has 0 aliphatic heterocycles. The Hall–Kier alpha value is -2.49. The third kappa shape index (κ3) is 3.25. The van der Waals surface area contributed by atoms with E-state index in [0.717, 1.165) is 16.8 Å². The van der Waals surface area contributed by atoms with Gasteiger partial charge in [-0.15, -0.1) is 0 Å². The van der Waals surface area contributed by atoms with Crippen molar-refractivity contribution in [1.29, 1.82) is 0 Å². The Bertz CT molecular complexity index is 588. The highest BCUT2D eigenvalue weighted by molar-refractivity contribution is 6.02. The highest BCUT2D eigenvalue weighted by Gasteiger charge is 2.07. The molecular weight excluding hydrogens is 238 g/mol. The summed E-state index contributed by atoms with van der Waals surface area (Å²) in [7, 11) is 0. The number of amides is 2. The number of para-hydroxylation sites is 1. The molecule has 0 bridgehead atoms. The van der Waals surface area contributed by atoms with Crippen LogP contribution in [-0.2, 0) is 0 Å². The van der Waals surface area contributed by atoms with Crippen molar-refractivity contribution in [2.75, 3.05) is 16.4 Å². The third-order valence-electron chi connectivity index (χ3n) is 2.82. The number of rotatable bonds is 2. The molecule has 0 aliphatic rings. The molecule has 2 amide bonds. The summed E-state index contributed by atoms with van der Waals surface area (Å²) in [6.07, 6.45) is 0. The van der Waals surface area contributed by atoms with Crippen molar-refractivity contribution in [3.63, 3.8) is 0 Å². The number of benzene rings is 2. The number of nitrogens with one attached hydrogen (secondary N) is 2. The van der Waals surface area contributed by atoms with Crippen LogP contribution < -0.4 is 16.4 Å². The van der Waals surface area contributed by atoms with Gasteiger partial charge in [-0.05, 0) is 43.2 Å². The maximum absolute atomic E-state index is 11.9. The van der Waals surface area contributed by atoms with Gasteiger partial charge >= 0.3 is 6.03 Å². The van der Waals surface area contributed by atoms with Gasteiger partial charge in [0.05, 0.1) is 11.4 Å². The van der Waals surface area contributed by atoms with E-state index in [2.05, 4.69) is 10.6 Å². The molecule has 0 aliphatic carbocycles. The Morgan fingerprint density at radius 3 is 2.47 bits per heavy atom. The standard InChI is InChI=1S/C15H17N3O/c1-10-5-3-7-12(9-10)17-15(19)18-14-11(2)6-4-8-13(14)16/h3-9H,16H2,1-2H3,(H2,17,18,19). The lowest BCUT2D eigenvalue weighted by atomic mass is 10.1. The fourth-order valence-electron chi connectivity index (χ4n) is 1.86. The molecule has 2 aromatic carbocycles. The van der Waals surface area contributed by atoms with Crippen LogP contribution in [0.1, 0.15) is 11.1 Å². The average Bonchev–Trinajstić information content (AvgIpc) is 2.34. The molecule has 0 spiro atoms. The van der Waals surface area contributed by atoms with Gasteiger partial charge in [0.2, 0.25) is 0 Å². The van der Waals surface area contributed by atoms with Gasteiger partial charge in [0.15, 0.2) is 0 Å². The normalized spacial score (nSPS) is 10.0. The van der Waals surface area contributed by atoms with Crippen LogP contribution in [0.3, 0.4) is 0 Å². The van der Waals surface area contributed by atoms with Crippen molar-refractivity contribution in [3.05, 3.63) is 53.6 Å². The zero-order chi connectivity index (χ0) is 13.8. The fourth-order valence-corrected chi connectivity index (χ4v) is 1.86. The van der Waals surface area contributed by atoms with E-state index in [-0.39, 0.29) is 6.03 Å². The van der Waals surface area contributed by atoms with Crippen LogP contribution in [0.4, 0.5) is 21.9 Å². The van der Waals surface area contributed by atoms with E-state index in [4.69, 9.17) is 5.73 Å². The zero-order valence-corrected chi connectivity index (χ0v) is 11.0. The molecule has 2 aromatic rings. The number of anilines is 3. The number of nitrogens with two attached hydrogens (primary N) is 1. The van der Waals surface area contributed by atoms with Crippen LogP contribution >= 0.6 is 0 Å². The molecule has 4 nitrogen and oxygen atoms in total. The topological polar surface area (TPSA) is 67.2 Å². The number of urea groups is 1. The number of hydrogen-bond donors (Lipinski definition) is 3. The summed E-state index contributed by atoms with van der Waals surface area (Å²) in [5, 5.41) is 5.55. The van der Waals surface area contributed by atoms with Gasteiger partial charge in [0.1, 0.15) is 0 Å². The quantitative estimate of drug-likeness (QED) is 0.719.